The maximum absolute atomic E-state index is 14.1. The van der Waals surface area contributed by atoms with Crippen LogP contribution in [0.15, 0.2) is 18.5 Å². The standard InChI is InChI=1S/C29H34F4N8O3/c1-16-10-23(34)37-25(24(16)29(31,32)33)22-11-21-20(15-43-22)26(38-28(36-21)44-14-18-6-5-7-39(18)4)40-8-9-41(27(42)17(2)30)19(13-40)12-35-3/h10,18-19,22H,2,5-9,11-15H2,1,4H3,(H2,34,37)/t18-,19+,22?/m0/s1. The molecule has 3 aliphatic rings. The van der Waals surface area contributed by atoms with E-state index in [0.29, 0.717) is 23.7 Å². The third kappa shape index (κ3) is 6.41. The van der Waals surface area contributed by atoms with Gasteiger partial charge in [-0.1, -0.05) is 6.58 Å². The average Bonchev–Trinajstić information content (AvgIpc) is 3.38. The molecule has 236 valence electrons. The highest BCUT2D eigenvalue weighted by atomic mass is 19.4. The first-order valence-corrected chi connectivity index (χ1v) is 14.3. The maximum atomic E-state index is 14.1. The number of pyridine rings is 1. The second-order valence-electron chi connectivity index (χ2n) is 11.3. The van der Waals surface area contributed by atoms with Crippen LogP contribution in [-0.2, 0) is 28.7 Å². The molecule has 11 nitrogen and oxygen atoms in total. The van der Waals surface area contributed by atoms with Crippen LogP contribution in [0.5, 0.6) is 6.01 Å². The molecule has 5 heterocycles. The van der Waals surface area contributed by atoms with Gasteiger partial charge in [-0.05, 0) is 45.0 Å². The lowest BCUT2D eigenvalue weighted by Crippen LogP contribution is -2.57. The Morgan fingerprint density at radius 3 is 2.68 bits per heavy atom. The minimum absolute atomic E-state index is 0.0465. The summed E-state index contributed by atoms with van der Waals surface area (Å²) in [5.41, 5.74) is 5.57. The van der Waals surface area contributed by atoms with Crippen molar-refractivity contribution >= 4 is 17.5 Å². The Hall–Kier alpha value is -4.03. The van der Waals surface area contributed by atoms with Crippen LogP contribution in [-0.4, -0.2) is 89.1 Å². The molecule has 2 fully saturated rings. The van der Waals surface area contributed by atoms with Crippen LogP contribution in [0, 0.1) is 13.5 Å². The molecule has 2 saturated heterocycles. The summed E-state index contributed by atoms with van der Waals surface area (Å²) >= 11 is 0. The lowest BCUT2D eigenvalue weighted by Gasteiger charge is -2.40. The number of aromatic nitrogens is 3. The van der Waals surface area contributed by atoms with Crippen molar-refractivity contribution in [1.82, 2.24) is 24.8 Å². The fourth-order valence-electron chi connectivity index (χ4n) is 6.15. The van der Waals surface area contributed by atoms with Crippen molar-refractivity contribution in [3.05, 3.63) is 58.0 Å². The van der Waals surface area contributed by atoms with Gasteiger partial charge >= 0.3 is 12.2 Å². The number of nitrogens with two attached hydrogens (primary N) is 1. The van der Waals surface area contributed by atoms with Gasteiger partial charge in [0, 0.05) is 37.7 Å². The first-order valence-electron chi connectivity index (χ1n) is 14.3. The number of hydrogen-bond donors (Lipinski definition) is 1. The van der Waals surface area contributed by atoms with E-state index in [9.17, 15) is 22.4 Å². The molecule has 0 bridgehead atoms. The fraction of sp³-hybridized carbons (Fsp3) is 0.552. The van der Waals surface area contributed by atoms with Gasteiger partial charge in [0.15, 0.2) is 5.83 Å². The number of aryl methyl sites for hydroxylation is 1. The lowest BCUT2D eigenvalue weighted by atomic mass is 9.96. The van der Waals surface area contributed by atoms with Gasteiger partial charge in [-0.2, -0.15) is 23.1 Å². The van der Waals surface area contributed by atoms with E-state index in [-0.39, 0.29) is 68.3 Å². The number of piperazine rings is 1. The van der Waals surface area contributed by atoms with Gasteiger partial charge in [0.25, 0.3) is 5.91 Å². The van der Waals surface area contributed by atoms with E-state index in [0.717, 1.165) is 19.4 Å². The minimum Gasteiger partial charge on any atom is -0.462 e. The van der Waals surface area contributed by atoms with E-state index < -0.39 is 35.6 Å². The number of fused-ring (bicyclic) bond motifs is 1. The molecule has 0 saturated carbocycles. The Balaban J connectivity index is 1.50. The average molecular weight is 619 g/mol. The monoisotopic (exact) mass is 618 g/mol. The molecular weight excluding hydrogens is 584 g/mol. The van der Waals surface area contributed by atoms with Crippen molar-refractivity contribution in [3.63, 3.8) is 0 Å². The molecule has 0 aliphatic carbocycles. The number of rotatable bonds is 7. The quantitative estimate of drug-likeness (QED) is 0.283. The molecule has 2 N–H and O–H groups in total. The van der Waals surface area contributed by atoms with E-state index in [2.05, 4.69) is 31.3 Å². The Bertz CT molecular complexity index is 1480. The zero-order valence-corrected chi connectivity index (χ0v) is 24.5. The van der Waals surface area contributed by atoms with E-state index in [1.807, 2.05) is 11.9 Å². The number of carbonyl (C=O) groups is 1. The molecule has 0 spiro atoms. The number of ether oxygens (including phenoxy) is 2. The van der Waals surface area contributed by atoms with Crippen LogP contribution >= 0.6 is 0 Å². The summed E-state index contributed by atoms with van der Waals surface area (Å²) in [6.45, 7) is 13.4. The zero-order valence-electron chi connectivity index (χ0n) is 24.5. The molecule has 5 rings (SSSR count). The van der Waals surface area contributed by atoms with Crippen molar-refractivity contribution in [2.75, 3.05) is 57.0 Å². The number of halogens is 4. The number of alkyl halides is 3. The number of anilines is 2. The molecule has 2 aromatic rings. The number of nitrogen functional groups attached to an aromatic ring is 1. The van der Waals surface area contributed by atoms with Crippen LogP contribution in [0.1, 0.15) is 47.0 Å². The van der Waals surface area contributed by atoms with E-state index in [1.54, 1.807) is 0 Å². The Morgan fingerprint density at radius 1 is 1.25 bits per heavy atom. The topological polar surface area (TPSA) is 114 Å². The molecule has 1 unspecified atom stereocenters. The van der Waals surface area contributed by atoms with Crippen LogP contribution in [0.25, 0.3) is 4.85 Å². The zero-order chi connectivity index (χ0) is 31.8. The first-order chi connectivity index (χ1) is 20.9. The molecular formula is C29H34F4N8O3. The summed E-state index contributed by atoms with van der Waals surface area (Å²) in [6.07, 6.45) is -3.83. The molecule has 2 aromatic heterocycles. The molecule has 0 radical (unpaired) electrons. The van der Waals surface area contributed by atoms with Crippen molar-refractivity contribution < 1.29 is 31.8 Å². The van der Waals surface area contributed by atoms with Gasteiger partial charge in [-0.3, -0.25) is 4.79 Å². The first kappa shape index (κ1) is 31.4. The van der Waals surface area contributed by atoms with E-state index in [4.69, 9.17) is 21.8 Å². The molecule has 3 atom stereocenters. The predicted molar refractivity (Wildman–Crippen MR) is 152 cm³/mol. The highest BCUT2D eigenvalue weighted by molar-refractivity contribution is 5.91. The lowest BCUT2D eigenvalue weighted by molar-refractivity contribution is -0.140. The molecule has 1 amide bonds. The van der Waals surface area contributed by atoms with Crippen LogP contribution in [0.3, 0.4) is 0 Å². The van der Waals surface area contributed by atoms with Crippen molar-refractivity contribution in [2.45, 2.75) is 57.2 Å². The summed E-state index contributed by atoms with van der Waals surface area (Å²) in [6, 6.07) is 0.756. The maximum Gasteiger partial charge on any atom is 0.418 e. The van der Waals surface area contributed by atoms with E-state index >= 15 is 0 Å². The SMILES string of the molecule is [C-]#[N+]C[C@@H]1CN(c2nc(OC[C@@H]3CCCN3C)nc3c2COC(c2nc(N)cc(C)c2C(F)(F)F)C3)CCN1C(=O)C(=C)F. The molecule has 0 aromatic carbocycles. The minimum atomic E-state index is -4.68. The molecule has 15 heteroatoms. The Kier molecular flexibility index (Phi) is 8.94. The fourth-order valence-corrected chi connectivity index (χ4v) is 6.15. The van der Waals surface area contributed by atoms with E-state index in [1.165, 1.54) is 17.9 Å². The van der Waals surface area contributed by atoms with Gasteiger partial charge in [0.1, 0.15) is 30.4 Å². The summed E-state index contributed by atoms with van der Waals surface area (Å²) in [5.74, 6) is -1.60. The number of likely N-dealkylation sites (tertiary alicyclic amines) is 1. The second kappa shape index (κ2) is 12.5. The summed E-state index contributed by atoms with van der Waals surface area (Å²) in [7, 11) is 2.01. The third-order valence-corrected chi connectivity index (χ3v) is 8.36. The summed E-state index contributed by atoms with van der Waals surface area (Å²) < 4.78 is 68.1. The van der Waals surface area contributed by atoms with Gasteiger partial charge in [-0.25, -0.2) is 15.9 Å². The molecule has 3 aliphatic heterocycles. The van der Waals surface area contributed by atoms with Crippen molar-refractivity contribution in [2.24, 2.45) is 0 Å². The number of nitrogens with zero attached hydrogens (tertiary/aromatic N) is 7. The number of carbonyl (C=O) groups excluding carboxylic acids is 1. The van der Waals surface area contributed by atoms with Crippen LogP contribution < -0.4 is 15.4 Å². The van der Waals surface area contributed by atoms with Crippen molar-refractivity contribution in [3.8, 4) is 6.01 Å². The third-order valence-electron chi connectivity index (χ3n) is 8.36. The highest BCUT2D eigenvalue weighted by Gasteiger charge is 2.41. The Labute approximate surface area is 252 Å². The van der Waals surface area contributed by atoms with Crippen LogP contribution in [0.2, 0.25) is 0 Å². The number of amides is 1. The van der Waals surface area contributed by atoms with Gasteiger partial charge in [-0.15, -0.1) is 0 Å². The van der Waals surface area contributed by atoms with Gasteiger partial charge < -0.3 is 34.8 Å². The van der Waals surface area contributed by atoms with Crippen molar-refractivity contribution in [1.29, 1.82) is 0 Å². The highest BCUT2D eigenvalue weighted by Crippen LogP contribution is 2.42. The number of likely N-dealkylation sites (N-methyl/N-ethyl adjacent to an activating group) is 1. The normalized spacial score (nSPS) is 22.4. The summed E-state index contributed by atoms with van der Waals surface area (Å²) in [4.78, 5) is 34.5. The van der Waals surface area contributed by atoms with Crippen LogP contribution in [0.4, 0.5) is 29.2 Å². The Morgan fingerprint density at radius 2 is 2.02 bits per heavy atom. The van der Waals surface area contributed by atoms with Gasteiger partial charge in [0.05, 0.1) is 23.6 Å². The summed E-state index contributed by atoms with van der Waals surface area (Å²) in [5, 5.41) is 0. The molecule has 44 heavy (non-hydrogen) atoms. The van der Waals surface area contributed by atoms with Gasteiger partial charge in [0.2, 0.25) is 6.54 Å². The second-order valence-corrected chi connectivity index (χ2v) is 11.3. The predicted octanol–water partition coefficient (Wildman–Crippen LogP) is 3.49. The smallest absolute Gasteiger partial charge is 0.418 e. The number of hydrogen-bond acceptors (Lipinski definition) is 9. The largest absolute Gasteiger partial charge is 0.462 e.